The summed E-state index contributed by atoms with van der Waals surface area (Å²) in [5.74, 6) is 0.328. The van der Waals surface area contributed by atoms with E-state index in [9.17, 15) is 4.79 Å². The van der Waals surface area contributed by atoms with Gasteiger partial charge in [0, 0.05) is 37.4 Å². The molecule has 2 saturated heterocycles. The molecule has 4 rings (SSSR count). The first-order valence-corrected chi connectivity index (χ1v) is 9.84. The van der Waals surface area contributed by atoms with E-state index in [-0.39, 0.29) is 5.41 Å². The van der Waals surface area contributed by atoms with Gasteiger partial charge in [-0.1, -0.05) is 6.07 Å². The van der Waals surface area contributed by atoms with Crippen LogP contribution in [0.25, 0.3) is 0 Å². The summed E-state index contributed by atoms with van der Waals surface area (Å²) in [7, 11) is 0. The fourth-order valence-corrected chi connectivity index (χ4v) is 4.81. The molecule has 5 nitrogen and oxygen atoms in total. The number of piperidine rings is 1. The molecule has 2 aliphatic heterocycles. The zero-order chi connectivity index (χ0) is 17.3. The van der Waals surface area contributed by atoms with E-state index in [4.69, 9.17) is 0 Å². The van der Waals surface area contributed by atoms with E-state index in [1.54, 1.807) is 17.5 Å². The van der Waals surface area contributed by atoms with E-state index in [0.717, 1.165) is 56.1 Å². The Bertz CT molecular complexity index is 747. The molecule has 1 atom stereocenters. The summed E-state index contributed by atoms with van der Waals surface area (Å²) in [6.07, 6.45) is 6.81. The molecule has 0 bridgehead atoms. The zero-order valence-corrected chi connectivity index (χ0v) is 15.5. The van der Waals surface area contributed by atoms with Gasteiger partial charge in [-0.2, -0.15) is 0 Å². The van der Waals surface area contributed by atoms with Crippen LogP contribution < -0.4 is 0 Å². The lowest BCUT2D eigenvalue weighted by Crippen LogP contribution is -2.47. The third-order valence-corrected chi connectivity index (χ3v) is 6.23. The molecule has 0 radical (unpaired) electrons. The maximum absolute atomic E-state index is 13.2. The SMILES string of the molecule is Cc1nc(CN2CC[C@]3(CCCN(Cc4cccnc4)C3)C2=O)cs1. The van der Waals surface area contributed by atoms with Gasteiger partial charge < -0.3 is 4.90 Å². The van der Waals surface area contributed by atoms with E-state index >= 15 is 0 Å². The number of likely N-dealkylation sites (tertiary alicyclic amines) is 2. The largest absolute Gasteiger partial charge is 0.336 e. The fourth-order valence-electron chi connectivity index (χ4n) is 4.21. The fraction of sp³-hybridized carbons (Fsp3) is 0.526. The standard InChI is InChI=1S/C19H24N4OS/c1-15-21-17(13-25-15)12-23-9-6-19(18(23)24)5-3-8-22(14-19)11-16-4-2-7-20-10-16/h2,4,7,10,13H,3,5-6,8-9,11-12,14H2,1H3/t19-/m0/s1. The molecular formula is C19H24N4OS. The van der Waals surface area contributed by atoms with Gasteiger partial charge in [0.15, 0.2) is 0 Å². The summed E-state index contributed by atoms with van der Waals surface area (Å²) in [5.41, 5.74) is 2.06. The van der Waals surface area contributed by atoms with Gasteiger partial charge in [0.05, 0.1) is 22.7 Å². The van der Waals surface area contributed by atoms with E-state index < -0.39 is 0 Å². The third-order valence-electron chi connectivity index (χ3n) is 5.41. The molecule has 1 amide bonds. The van der Waals surface area contributed by atoms with Gasteiger partial charge in [-0.15, -0.1) is 11.3 Å². The Kier molecular flexibility index (Phi) is 4.56. The van der Waals surface area contributed by atoms with Crippen molar-refractivity contribution >= 4 is 17.2 Å². The summed E-state index contributed by atoms with van der Waals surface area (Å²) in [5, 5.41) is 3.14. The second-order valence-electron chi connectivity index (χ2n) is 7.29. The maximum Gasteiger partial charge on any atom is 0.230 e. The first-order chi connectivity index (χ1) is 12.1. The van der Waals surface area contributed by atoms with Gasteiger partial charge in [0.25, 0.3) is 0 Å². The van der Waals surface area contributed by atoms with Crippen LogP contribution in [0.4, 0.5) is 0 Å². The highest BCUT2D eigenvalue weighted by atomic mass is 32.1. The average molecular weight is 356 g/mol. The van der Waals surface area contributed by atoms with Crippen LogP contribution in [0.1, 0.15) is 35.5 Å². The van der Waals surface area contributed by atoms with Gasteiger partial charge in [0.1, 0.15) is 0 Å². The Hall–Kier alpha value is -1.79. The van der Waals surface area contributed by atoms with Crippen molar-refractivity contribution < 1.29 is 4.79 Å². The molecule has 2 aromatic rings. The molecule has 6 heteroatoms. The first kappa shape index (κ1) is 16.7. The molecule has 0 unspecified atom stereocenters. The summed E-state index contributed by atoms with van der Waals surface area (Å²) in [4.78, 5) is 26.3. The van der Waals surface area contributed by atoms with Crippen molar-refractivity contribution in [3.05, 3.63) is 46.2 Å². The minimum atomic E-state index is -0.189. The van der Waals surface area contributed by atoms with Crippen molar-refractivity contribution in [1.29, 1.82) is 0 Å². The number of amides is 1. The van der Waals surface area contributed by atoms with Crippen molar-refractivity contribution in [2.24, 2.45) is 5.41 Å². The number of carbonyl (C=O) groups excluding carboxylic acids is 1. The van der Waals surface area contributed by atoms with Crippen LogP contribution in [-0.4, -0.2) is 45.3 Å². The zero-order valence-electron chi connectivity index (χ0n) is 14.6. The van der Waals surface area contributed by atoms with Crippen molar-refractivity contribution in [1.82, 2.24) is 19.8 Å². The molecule has 0 aliphatic carbocycles. The molecule has 0 saturated carbocycles. The molecule has 132 valence electrons. The second-order valence-corrected chi connectivity index (χ2v) is 8.35. The number of carbonyl (C=O) groups is 1. The molecule has 2 fully saturated rings. The minimum absolute atomic E-state index is 0.189. The predicted octanol–water partition coefficient (Wildman–Crippen LogP) is 2.86. The summed E-state index contributed by atoms with van der Waals surface area (Å²) in [6.45, 7) is 6.35. The number of hydrogen-bond acceptors (Lipinski definition) is 5. The van der Waals surface area contributed by atoms with Crippen molar-refractivity contribution in [2.75, 3.05) is 19.6 Å². The molecule has 25 heavy (non-hydrogen) atoms. The predicted molar refractivity (Wildman–Crippen MR) is 98.1 cm³/mol. The highest BCUT2D eigenvalue weighted by molar-refractivity contribution is 7.09. The number of aryl methyl sites for hydroxylation is 1. The van der Waals surface area contributed by atoms with Crippen molar-refractivity contribution in [3.8, 4) is 0 Å². The number of rotatable bonds is 4. The Morgan fingerprint density at radius 1 is 1.28 bits per heavy atom. The second kappa shape index (κ2) is 6.84. The van der Waals surface area contributed by atoms with Gasteiger partial charge >= 0.3 is 0 Å². The monoisotopic (exact) mass is 356 g/mol. The highest BCUT2D eigenvalue weighted by Crippen LogP contribution is 2.41. The van der Waals surface area contributed by atoms with E-state index in [1.807, 2.05) is 24.1 Å². The highest BCUT2D eigenvalue weighted by Gasteiger charge is 2.48. The Labute approximate surface area is 152 Å². The lowest BCUT2D eigenvalue weighted by Gasteiger charge is -2.39. The number of aromatic nitrogens is 2. The Balaban J connectivity index is 1.43. The molecular weight excluding hydrogens is 332 g/mol. The van der Waals surface area contributed by atoms with Crippen molar-refractivity contribution in [3.63, 3.8) is 0 Å². The molecule has 4 heterocycles. The Morgan fingerprint density at radius 3 is 2.96 bits per heavy atom. The Morgan fingerprint density at radius 2 is 2.20 bits per heavy atom. The summed E-state index contributed by atoms with van der Waals surface area (Å²) in [6, 6.07) is 4.09. The van der Waals surface area contributed by atoms with E-state index in [1.165, 1.54) is 5.56 Å². The van der Waals surface area contributed by atoms with E-state index in [2.05, 4.69) is 26.3 Å². The van der Waals surface area contributed by atoms with Crippen LogP contribution in [0.3, 0.4) is 0 Å². The third kappa shape index (κ3) is 3.46. The lowest BCUT2D eigenvalue weighted by molar-refractivity contribution is -0.139. The number of thiazole rings is 1. The molecule has 1 spiro atoms. The normalized spacial score (nSPS) is 24.4. The van der Waals surface area contributed by atoms with E-state index in [0.29, 0.717) is 12.5 Å². The van der Waals surface area contributed by atoms with Crippen LogP contribution in [0.15, 0.2) is 29.9 Å². The van der Waals surface area contributed by atoms with Gasteiger partial charge in [-0.3, -0.25) is 14.7 Å². The first-order valence-electron chi connectivity index (χ1n) is 8.96. The minimum Gasteiger partial charge on any atom is -0.336 e. The van der Waals surface area contributed by atoms with Crippen LogP contribution in [0.2, 0.25) is 0 Å². The van der Waals surface area contributed by atoms with Gasteiger partial charge in [-0.05, 0) is 44.4 Å². The van der Waals surface area contributed by atoms with Crippen LogP contribution in [0, 0.1) is 12.3 Å². The number of hydrogen-bond donors (Lipinski definition) is 0. The number of pyridine rings is 1. The topological polar surface area (TPSA) is 49.3 Å². The molecule has 0 aromatic carbocycles. The van der Waals surface area contributed by atoms with Crippen molar-refractivity contribution in [2.45, 2.75) is 39.3 Å². The summed E-state index contributed by atoms with van der Waals surface area (Å²) < 4.78 is 0. The van der Waals surface area contributed by atoms with Crippen LogP contribution in [0.5, 0.6) is 0 Å². The molecule has 0 N–H and O–H groups in total. The number of nitrogens with zero attached hydrogens (tertiary/aromatic N) is 4. The van der Waals surface area contributed by atoms with Gasteiger partial charge in [0.2, 0.25) is 5.91 Å². The average Bonchev–Trinajstić information content (AvgIpc) is 3.15. The molecule has 2 aromatic heterocycles. The maximum atomic E-state index is 13.2. The summed E-state index contributed by atoms with van der Waals surface area (Å²) >= 11 is 1.65. The molecule has 2 aliphatic rings. The lowest BCUT2D eigenvalue weighted by atomic mass is 9.78. The van der Waals surface area contributed by atoms with Crippen LogP contribution in [-0.2, 0) is 17.9 Å². The van der Waals surface area contributed by atoms with Gasteiger partial charge in [-0.25, -0.2) is 4.98 Å². The smallest absolute Gasteiger partial charge is 0.230 e. The van der Waals surface area contributed by atoms with Crippen LogP contribution >= 0.6 is 11.3 Å². The quantitative estimate of drug-likeness (QED) is 0.845.